The van der Waals surface area contributed by atoms with Gasteiger partial charge in [0.05, 0.1) is 17.9 Å². The number of alkyl halides is 1. The Bertz CT molecular complexity index is 988. The van der Waals surface area contributed by atoms with E-state index in [1.165, 1.54) is 13.0 Å². The number of ether oxygens (including phenoxy) is 1. The van der Waals surface area contributed by atoms with E-state index in [0.717, 1.165) is 22.5 Å². The van der Waals surface area contributed by atoms with Crippen LogP contribution < -0.4 is 9.64 Å². The molecule has 1 heterocycles. The van der Waals surface area contributed by atoms with E-state index in [2.05, 4.69) is 4.98 Å². The van der Waals surface area contributed by atoms with Crippen LogP contribution in [0.5, 0.6) is 5.75 Å². The minimum absolute atomic E-state index is 0.00204. The molecule has 0 aliphatic heterocycles. The van der Waals surface area contributed by atoms with Gasteiger partial charge < -0.3 is 9.64 Å². The van der Waals surface area contributed by atoms with Gasteiger partial charge in [-0.05, 0) is 50.6 Å². The molecule has 0 aliphatic rings. The number of carbonyl (C=O) groups excluding carboxylic acids is 1. The Kier molecular flexibility index (Phi) is 12.4. The second kappa shape index (κ2) is 14.7. The van der Waals surface area contributed by atoms with Crippen LogP contribution in [-0.4, -0.2) is 24.2 Å². The van der Waals surface area contributed by atoms with Crippen LogP contribution in [0.2, 0.25) is 0 Å². The predicted molar refractivity (Wildman–Crippen MR) is 131 cm³/mol. The summed E-state index contributed by atoms with van der Waals surface area (Å²) in [5.41, 5.74) is 4.14. The number of nitrogens with zero attached hydrogens (tertiary/aromatic N) is 2. The van der Waals surface area contributed by atoms with Crippen molar-refractivity contribution in [3.05, 3.63) is 89.0 Å². The highest BCUT2D eigenvalue weighted by atomic mass is 19.1. The Morgan fingerprint density at radius 2 is 1.73 bits per heavy atom. The summed E-state index contributed by atoms with van der Waals surface area (Å²) in [7, 11) is 0. The fourth-order valence-corrected chi connectivity index (χ4v) is 2.97. The quantitative estimate of drug-likeness (QED) is 0.411. The number of hydrogen-bond acceptors (Lipinski definition) is 3. The maximum Gasteiger partial charge on any atom is 0.224 e. The summed E-state index contributed by atoms with van der Waals surface area (Å²) < 4.78 is 30.2. The maximum absolute atomic E-state index is 12.4. The van der Waals surface area contributed by atoms with Crippen LogP contribution in [0.3, 0.4) is 0 Å². The minimum Gasteiger partial charge on any atom is -0.491 e. The van der Waals surface area contributed by atoms with Crippen LogP contribution in [0.15, 0.2) is 60.8 Å². The summed E-state index contributed by atoms with van der Waals surface area (Å²) in [6, 6.07) is 16.0. The summed E-state index contributed by atoms with van der Waals surface area (Å²) in [6.45, 7) is 10.9. The number of amides is 1. The Balaban J connectivity index is 0.000000454. The number of aromatic nitrogens is 1. The summed E-state index contributed by atoms with van der Waals surface area (Å²) >= 11 is 0. The van der Waals surface area contributed by atoms with Crippen molar-refractivity contribution in [2.75, 3.05) is 18.2 Å². The van der Waals surface area contributed by atoms with Crippen molar-refractivity contribution in [2.24, 2.45) is 0 Å². The molecule has 4 nitrogen and oxygen atoms in total. The standard InChI is InChI=1S/C18H21FN2O2.C7H7F.C2H6/c1-13-6-7-18(23-10-8-19)16(11-13)12-21(15(3)22)17-5-4-9-20-14(17)2;1-6-4-2-3-5-7(6)8;1-2/h4-7,9,11H,8,10,12H2,1-3H3;2-5H,1H3;1-2H3. The molecule has 33 heavy (non-hydrogen) atoms. The first kappa shape index (κ1) is 27.8. The lowest BCUT2D eigenvalue weighted by Gasteiger charge is -2.24. The summed E-state index contributed by atoms with van der Waals surface area (Å²) in [6.07, 6.45) is 1.69. The van der Waals surface area contributed by atoms with Crippen LogP contribution in [0.25, 0.3) is 0 Å². The van der Waals surface area contributed by atoms with E-state index in [9.17, 15) is 13.6 Å². The number of pyridine rings is 1. The SMILES string of the molecule is CC.CC(=O)N(Cc1cc(C)ccc1OCCF)c1cccnc1C.Cc1ccccc1F. The van der Waals surface area contributed by atoms with Gasteiger partial charge in [-0.15, -0.1) is 0 Å². The van der Waals surface area contributed by atoms with Gasteiger partial charge in [0.15, 0.2) is 0 Å². The Labute approximate surface area is 196 Å². The predicted octanol–water partition coefficient (Wildman–Crippen LogP) is 6.76. The molecule has 0 saturated carbocycles. The third-order valence-corrected chi connectivity index (χ3v) is 4.61. The molecule has 3 aromatic rings. The first-order chi connectivity index (χ1) is 15.8. The highest BCUT2D eigenvalue weighted by molar-refractivity contribution is 5.92. The van der Waals surface area contributed by atoms with E-state index in [1.54, 1.807) is 36.2 Å². The lowest BCUT2D eigenvalue weighted by Crippen LogP contribution is -2.29. The van der Waals surface area contributed by atoms with Gasteiger partial charge in [-0.25, -0.2) is 8.78 Å². The number of anilines is 1. The summed E-state index contributed by atoms with van der Waals surface area (Å²) in [5.74, 6) is 0.382. The maximum atomic E-state index is 12.4. The molecule has 6 heteroatoms. The van der Waals surface area contributed by atoms with E-state index in [4.69, 9.17) is 4.74 Å². The molecular formula is C27H34F2N2O2. The van der Waals surface area contributed by atoms with Crippen molar-refractivity contribution < 1.29 is 18.3 Å². The second-order valence-corrected chi connectivity index (χ2v) is 7.11. The van der Waals surface area contributed by atoms with E-state index < -0.39 is 6.67 Å². The number of carbonyl (C=O) groups is 1. The lowest BCUT2D eigenvalue weighted by atomic mass is 10.1. The molecule has 0 radical (unpaired) electrons. The third-order valence-electron chi connectivity index (χ3n) is 4.61. The van der Waals surface area contributed by atoms with E-state index in [-0.39, 0.29) is 18.3 Å². The smallest absolute Gasteiger partial charge is 0.224 e. The van der Waals surface area contributed by atoms with E-state index >= 15 is 0 Å². The van der Waals surface area contributed by atoms with Crippen molar-refractivity contribution in [2.45, 2.75) is 48.1 Å². The lowest BCUT2D eigenvalue weighted by molar-refractivity contribution is -0.116. The first-order valence-electron chi connectivity index (χ1n) is 11.0. The molecule has 0 fully saturated rings. The zero-order valence-corrected chi connectivity index (χ0v) is 20.4. The summed E-state index contributed by atoms with van der Waals surface area (Å²) in [5, 5.41) is 0. The Morgan fingerprint density at radius 3 is 2.27 bits per heavy atom. The highest BCUT2D eigenvalue weighted by Gasteiger charge is 2.17. The molecule has 3 rings (SSSR count). The number of aryl methyl sites for hydroxylation is 3. The average Bonchev–Trinajstić information content (AvgIpc) is 2.81. The van der Waals surface area contributed by atoms with Crippen LogP contribution >= 0.6 is 0 Å². The molecule has 0 aliphatic carbocycles. The van der Waals surface area contributed by atoms with Crippen molar-refractivity contribution in [1.82, 2.24) is 4.98 Å². The van der Waals surface area contributed by atoms with Gasteiger partial charge in [0.1, 0.15) is 24.8 Å². The Hall–Kier alpha value is -3.28. The molecule has 0 N–H and O–H groups in total. The van der Waals surface area contributed by atoms with Gasteiger partial charge in [0.25, 0.3) is 0 Å². The largest absolute Gasteiger partial charge is 0.491 e. The van der Waals surface area contributed by atoms with Gasteiger partial charge >= 0.3 is 0 Å². The van der Waals surface area contributed by atoms with Gasteiger partial charge in [0.2, 0.25) is 5.91 Å². The molecule has 0 saturated heterocycles. The normalized spacial score (nSPS) is 9.70. The molecule has 178 valence electrons. The fourth-order valence-electron chi connectivity index (χ4n) is 2.97. The molecule has 0 atom stereocenters. The van der Waals surface area contributed by atoms with Gasteiger partial charge in [0, 0.05) is 18.7 Å². The van der Waals surface area contributed by atoms with Crippen molar-refractivity contribution >= 4 is 11.6 Å². The third kappa shape index (κ3) is 9.00. The average molecular weight is 457 g/mol. The van der Waals surface area contributed by atoms with E-state index in [1.807, 2.05) is 58.0 Å². The van der Waals surface area contributed by atoms with Crippen molar-refractivity contribution in [1.29, 1.82) is 0 Å². The fraction of sp³-hybridized carbons (Fsp3) is 0.333. The highest BCUT2D eigenvalue weighted by Crippen LogP contribution is 2.26. The molecule has 0 bridgehead atoms. The van der Waals surface area contributed by atoms with Crippen LogP contribution in [-0.2, 0) is 11.3 Å². The van der Waals surface area contributed by atoms with E-state index in [0.29, 0.717) is 17.9 Å². The molecule has 2 aromatic carbocycles. The Morgan fingerprint density at radius 1 is 1.03 bits per heavy atom. The molecule has 0 spiro atoms. The van der Waals surface area contributed by atoms with Crippen LogP contribution in [0, 0.1) is 26.6 Å². The van der Waals surface area contributed by atoms with Gasteiger partial charge in [-0.2, -0.15) is 0 Å². The second-order valence-electron chi connectivity index (χ2n) is 7.11. The zero-order chi connectivity index (χ0) is 24.8. The minimum atomic E-state index is -0.550. The topological polar surface area (TPSA) is 42.4 Å². The number of rotatable bonds is 6. The van der Waals surface area contributed by atoms with Crippen molar-refractivity contribution in [3.63, 3.8) is 0 Å². The summed E-state index contributed by atoms with van der Waals surface area (Å²) in [4.78, 5) is 18.0. The number of halogens is 2. The van der Waals surface area contributed by atoms with Crippen LogP contribution in [0.4, 0.5) is 14.5 Å². The zero-order valence-electron chi connectivity index (χ0n) is 20.4. The first-order valence-corrected chi connectivity index (χ1v) is 11.0. The van der Waals surface area contributed by atoms with Gasteiger partial charge in [-0.3, -0.25) is 9.78 Å². The number of hydrogen-bond donors (Lipinski definition) is 0. The monoisotopic (exact) mass is 456 g/mol. The van der Waals surface area contributed by atoms with Crippen molar-refractivity contribution in [3.8, 4) is 5.75 Å². The molecule has 0 unspecified atom stereocenters. The van der Waals surface area contributed by atoms with Gasteiger partial charge in [-0.1, -0.05) is 49.7 Å². The number of benzene rings is 2. The van der Waals surface area contributed by atoms with Crippen LogP contribution in [0.1, 0.15) is 43.2 Å². The molecule has 1 amide bonds. The molecule has 1 aromatic heterocycles. The molecular weight excluding hydrogens is 422 g/mol.